The number of nitrogens with zero attached hydrogens (tertiary/aromatic N) is 2. The number of hydrogen-bond acceptors (Lipinski definition) is 3. The fraction of sp³-hybridized carbons (Fsp3) is 0.250. The monoisotopic (exact) mass is 284 g/mol. The van der Waals surface area contributed by atoms with Crippen molar-refractivity contribution in [1.29, 1.82) is 0 Å². The molecule has 0 saturated carbocycles. The summed E-state index contributed by atoms with van der Waals surface area (Å²) in [5.41, 5.74) is -0.775. The van der Waals surface area contributed by atoms with E-state index in [0.29, 0.717) is 5.82 Å². The minimum atomic E-state index is -2.92. The van der Waals surface area contributed by atoms with Gasteiger partial charge >= 0.3 is 0 Å². The lowest BCUT2D eigenvalue weighted by atomic mass is 10.1. The summed E-state index contributed by atoms with van der Waals surface area (Å²) in [4.78, 5) is 15.7. The second-order valence-electron chi connectivity index (χ2n) is 4.10. The highest BCUT2D eigenvalue weighted by molar-refractivity contribution is 5.94. The molecule has 0 spiro atoms. The van der Waals surface area contributed by atoms with Gasteiger partial charge in [-0.3, -0.25) is 9.89 Å². The second kappa shape index (κ2) is 5.72. The molecule has 1 aromatic carbocycles. The van der Waals surface area contributed by atoms with Gasteiger partial charge in [0, 0.05) is 5.56 Å². The maximum atomic E-state index is 13.4. The number of halogens is 3. The van der Waals surface area contributed by atoms with E-state index in [2.05, 4.69) is 20.5 Å². The highest BCUT2D eigenvalue weighted by Crippen LogP contribution is 2.22. The van der Waals surface area contributed by atoms with Gasteiger partial charge in [-0.1, -0.05) is 0 Å². The van der Waals surface area contributed by atoms with E-state index in [-0.39, 0.29) is 5.56 Å². The van der Waals surface area contributed by atoms with Crippen molar-refractivity contribution in [3.8, 4) is 0 Å². The minimum Gasteiger partial charge on any atom is -0.342 e. The first-order chi connectivity index (χ1) is 9.49. The van der Waals surface area contributed by atoms with Crippen molar-refractivity contribution >= 4 is 5.91 Å². The molecule has 1 aromatic heterocycles. The van der Waals surface area contributed by atoms with Crippen LogP contribution in [0.1, 0.15) is 41.1 Å². The molecule has 0 bridgehead atoms. The van der Waals surface area contributed by atoms with Crippen molar-refractivity contribution in [1.82, 2.24) is 20.5 Å². The molecular weight excluding hydrogens is 273 g/mol. The standard InChI is InChI=1S/C12H11F3N4O/c1-6(11-16-5-17-19-11)18-12(20)7-2-3-8(10(14)15)9(13)4-7/h2-6,10H,1H3,(H,18,20)(H,16,17,19). The van der Waals surface area contributed by atoms with Gasteiger partial charge in [0.05, 0.1) is 11.6 Å². The molecule has 5 nitrogen and oxygen atoms in total. The number of carbonyl (C=O) groups is 1. The van der Waals surface area contributed by atoms with Crippen molar-refractivity contribution in [3.63, 3.8) is 0 Å². The number of aromatic nitrogens is 3. The van der Waals surface area contributed by atoms with E-state index in [1.807, 2.05) is 0 Å². The largest absolute Gasteiger partial charge is 0.342 e. The fourth-order valence-corrected chi connectivity index (χ4v) is 1.62. The third kappa shape index (κ3) is 2.95. The number of alkyl halides is 2. The maximum absolute atomic E-state index is 13.4. The van der Waals surface area contributed by atoms with Crippen LogP contribution in [0.3, 0.4) is 0 Å². The van der Waals surface area contributed by atoms with Crippen molar-refractivity contribution in [2.45, 2.75) is 19.4 Å². The van der Waals surface area contributed by atoms with Gasteiger partial charge in [0.2, 0.25) is 0 Å². The van der Waals surface area contributed by atoms with Gasteiger partial charge in [-0.25, -0.2) is 18.2 Å². The van der Waals surface area contributed by atoms with Gasteiger partial charge in [0.15, 0.2) is 0 Å². The molecule has 1 heterocycles. The maximum Gasteiger partial charge on any atom is 0.266 e. The van der Waals surface area contributed by atoms with Crippen LogP contribution < -0.4 is 5.32 Å². The molecule has 0 aliphatic rings. The van der Waals surface area contributed by atoms with Crippen LogP contribution in [0.2, 0.25) is 0 Å². The molecule has 1 amide bonds. The second-order valence-corrected chi connectivity index (χ2v) is 4.10. The van der Waals surface area contributed by atoms with Crippen molar-refractivity contribution < 1.29 is 18.0 Å². The van der Waals surface area contributed by atoms with Crippen LogP contribution in [0.25, 0.3) is 0 Å². The number of H-pyrrole nitrogens is 1. The Balaban J connectivity index is 2.12. The fourth-order valence-electron chi connectivity index (χ4n) is 1.62. The number of amides is 1. The summed E-state index contributed by atoms with van der Waals surface area (Å²) in [6.07, 6.45) is -1.63. The lowest BCUT2D eigenvalue weighted by Gasteiger charge is -2.11. The highest BCUT2D eigenvalue weighted by atomic mass is 19.3. The highest BCUT2D eigenvalue weighted by Gasteiger charge is 2.17. The third-order valence-corrected chi connectivity index (χ3v) is 2.69. The van der Waals surface area contributed by atoms with Crippen LogP contribution in [-0.4, -0.2) is 21.1 Å². The average Bonchev–Trinajstić information content (AvgIpc) is 2.91. The minimum absolute atomic E-state index is 0.0433. The molecule has 2 N–H and O–H groups in total. The molecule has 0 aliphatic carbocycles. The van der Waals surface area contributed by atoms with E-state index in [1.54, 1.807) is 6.92 Å². The van der Waals surface area contributed by atoms with E-state index in [1.165, 1.54) is 6.33 Å². The topological polar surface area (TPSA) is 70.7 Å². The Bertz CT molecular complexity index is 601. The molecule has 2 rings (SSSR count). The normalized spacial score (nSPS) is 12.4. The molecule has 2 aromatic rings. The van der Waals surface area contributed by atoms with E-state index in [0.717, 1.165) is 18.2 Å². The summed E-state index contributed by atoms with van der Waals surface area (Å²) >= 11 is 0. The van der Waals surface area contributed by atoms with Gasteiger partial charge in [-0.05, 0) is 25.1 Å². The van der Waals surface area contributed by atoms with Crippen molar-refractivity contribution in [3.05, 3.63) is 47.3 Å². The van der Waals surface area contributed by atoms with Crippen LogP contribution in [0.4, 0.5) is 13.2 Å². The van der Waals surface area contributed by atoms with E-state index in [9.17, 15) is 18.0 Å². The van der Waals surface area contributed by atoms with Gasteiger partial charge in [-0.2, -0.15) is 5.10 Å². The molecule has 0 saturated heterocycles. The Labute approximate surface area is 112 Å². The first-order valence-electron chi connectivity index (χ1n) is 5.72. The van der Waals surface area contributed by atoms with Gasteiger partial charge < -0.3 is 5.32 Å². The Morgan fingerprint density at radius 2 is 2.15 bits per heavy atom. The summed E-state index contributed by atoms with van der Waals surface area (Å²) in [5, 5.41) is 8.77. The lowest BCUT2D eigenvalue weighted by molar-refractivity contribution is 0.0937. The molecule has 0 fully saturated rings. The molecule has 20 heavy (non-hydrogen) atoms. The predicted molar refractivity (Wildman–Crippen MR) is 63.6 cm³/mol. The number of benzene rings is 1. The number of hydrogen-bond donors (Lipinski definition) is 2. The van der Waals surface area contributed by atoms with Crippen LogP contribution in [-0.2, 0) is 0 Å². The zero-order valence-electron chi connectivity index (χ0n) is 10.4. The number of carbonyl (C=O) groups excluding carboxylic acids is 1. The predicted octanol–water partition coefficient (Wildman–Crippen LogP) is 2.37. The Hall–Kier alpha value is -2.38. The quantitative estimate of drug-likeness (QED) is 0.905. The Morgan fingerprint density at radius 1 is 1.40 bits per heavy atom. The summed E-state index contributed by atoms with van der Waals surface area (Å²) in [7, 11) is 0. The number of rotatable bonds is 4. The molecule has 1 atom stereocenters. The Morgan fingerprint density at radius 3 is 2.70 bits per heavy atom. The zero-order valence-corrected chi connectivity index (χ0v) is 10.4. The SMILES string of the molecule is CC(NC(=O)c1ccc(C(F)F)c(F)c1)c1ncn[nH]1. The van der Waals surface area contributed by atoms with Crippen molar-refractivity contribution in [2.75, 3.05) is 0 Å². The summed E-state index contributed by atoms with van der Waals surface area (Å²) < 4.78 is 38.2. The summed E-state index contributed by atoms with van der Waals surface area (Å²) in [5.74, 6) is -1.27. The zero-order chi connectivity index (χ0) is 14.7. The van der Waals surface area contributed by atoms with Crippen LogP contribution in [0.15, 0.2) is 24.5 Å². The molecule has 8 heteroatoms. The summed E-state index contributed by atoms with van der Waals surface area (Å²) in [6, 6.07) is 2.35. The first-order valence-corrected chi connectivity index (χ1v) is 5.72. The number of nitrogens with one attached hydrogen (secondary N) is 2. The molecular formula is C12H11F3N4O. The van der Waals surface area contributed by atoms with E-state index < -0.39 is 29.8 Å². The van der Waals surface area contributed by atoms with Crippen LogP contribution in [0.5, 0.6) is 0 Å². The van der Waals surface area contributed by atoms with Gasteiger partial charge in [-0.15, -0.1) is 0 Å². The molecule has 106 valence electrons. The molecule has 1 unspecified atom stereocenters. The van der Waals surface area contributed by atoms with Crippen LogP contribution in [0, 0.1) is 5.82 Å². The molecule has 0 aliphatic heterocycles. The number of aromatic amines is 1. The lowest BCUT2D eigenvalue weighted by Crippen LogP contribution is -2.27. The summed E-state index contributed by atoms with van der Waals surface area (Å²) in [6.45, 7) is 1.66. The third-order valence-electron chi connectivity index (χ3n) is 2.69. The Kier molecular flexibility index (Phi) is 4.02. The van der Waals surface area contributed by atoms with E-state index in [4.69, 9.17) is 0 Å². The first kappa shape index (κ1) is 14.0. The smallest absolute Gasteiger partial charge is 0.266 e. The average molecular weight is 284 g/mol. The van der Waals surface area contributed by atoms with Gasteiger partial charge in [0.1, 0.15) is 18.0 Å². The molecule has 0 radical (unpaired) electrons. The van der Waals surface area contributed by atoms with Crippen molar-refractivity contribution in [2.24, 2.45) is 0 Å². The van der Waals surface area contributed by atoms with Gasteiger partial charge in [0.25, 0.3) is 12.3 Å². The van der Waals surface area contributed by atoms with E-state index >= 15 is 0 Å². The van der Waals surface area contributed by atoms with Crippen LogP contribution >= 0.6 is 0 Å².